The van der Waals surface area contributed by atoms with Crippen molar-refractivity contribution in [3.63, 3.8) is 0 Å². The number of carbonyl (C=O) groups is 1. The summed E-state index contributed by atoms with van der Waals surface area (Å²) in [4.78, 5) is 14.7. The number of hydrogen-bond acceptors (Lipinski definition) is 4. The summed E-state index contributed by atoms with van der Waals surface area (Å²) in [7, 11) is 3.13. The monoisotopic (exact) mass is 312 g/mol. The number of para-hydroxylation sites is 1. The van der Waals surface area contributed by atoms with E-state index in [1.807, 2.05) is 55.5 Å². The number of fused-ring (bicyclic) bond motifs is 1. The van der Waals surface area contributed by atoms with Crippen molar-refractivity contribution in [3.8, 4) is 0 Å². The van der Waals surface area contributed by atoms with Crippen molar-refractivity contribution in [2.75, 3.05) is 24.4 Å². The molecule has 5 heteroatoms. The van der Waals surface area contributed by atoms with E-state index in [-0.39, 0.29) is 5.91 Å². The number of hydrogen-bond donors (Lipinski definition) is 1. The Bertz CT molecular complexity index is 696. The minimum absolute atomic E-state index is 0.0766. The van der Waals surface area contributed by atoms with Crippen molar-refractivity contribution in [1.82, 2.24) is 0 Å². The highest BCUT2D eigenvalue weighted by Crippen LogP contribution is 2.31. The van der Waals surface area contributed by atoms with Gasteiger partial charge in [0.15, 0.2) is 12.5 Å². The van der Waals surface area contributed by atoms with Crippen LogP contribution >= 0.6 is 0 Å². The lowest BCUT2D eigenvalue weighted by Gasteiger charge is -2.40. The molecule has 120 valence electrons. The third kappa shape index (κ3) is 2.81. The maximum Gasteiger partial charge on any atom is 0.262 e. The number of methoxy groups -OCH3 is 2. The summed E-state index contributed by atoms with van der Waals surface area (Å²) in [6.07, 6.45) is -1.04. The van der Waals surface area contributed by atoms with Gasteiger partial charge in [-0.2, -0.15) is 0 Å². The van der Waals surface area contributed by atoms with Crippen molar-refractivity contribution in [1.29, 1.82) is 0 Å². The van der Waals surface area contributed by atoms with E-state index in [0.29, 0.717) is 5.56 Å². The summed E-state index contributed by atoms with van der Waals surface area (Å²) in [6, 6.07) is 15.3. The molecule has 1 atom stereocenters. The third-order valence-electron chi connectivity index (χ3n) is 3.99. The number of amides is 1. The van der Waals surface area contributed by atoms with Gasteiger partial charge in [0.1, 0.15) is 0 Å². The fourth-order valence-electron chi connectivity index (χ4n) is 2.80. The average molecular weight is 312 g/mol. The largest absolute Gasteiger partial charge is 0.360 e. The maximum absolute atomic E-state index is 13.0. The van der Waals surface area contributed by atoms with Gasteiger partial charge < -0.3 is 14.8 Å². The van der Waals surface area contributed by atoms with Gasteiger partial charge in [0, 0.05) is 25.6 Å². The van der Waals surface area contributed by atoms with Crippen LogP contribution in [0.3, 0.4) is 0 Å². The van der Waals surface area contributed by atoms with Crippen LogP contribution in [0.2, 0.25) is 0 Å². The summed E-state index contributed by atoms with van der Waals surface area (Å²) in [5, 5.41) is 3.35. The second-order valence-corrected chi connectivity index (χ2v) is 5.49. The van der Waals surface area contributed by atoms with E-state index >= 15 is 0 Å². The topological polar surface area (TPSA) is 50.8 Å². The lowest BCUT2D eigenvalue weighted by molar-refractivity contribution is -0.111. The number of nitrogens with zero attached hydrogens (tertiary/aromatic N) is 1. The molecule has 0 unspecified atom stereocenters. The molecule has 1 aliphatic heterocycles. The highest BCUT2D eigenvalue weighted by Gasteiger charge is 2.38. The minimum Gasteiger partial charge on any atom is -0.360 e. The number of rotatable bonds is 4. The molecule has 0 fully saturated rings. The number of benzene rings is 2. The Morgan fingerprint density at radius 3 is 2.35 bits per heavy atom. The Morgan fingerprint density at radius 1 is 1.04 bits per heavy atom. The fourth-order valence-corrected chi connectivity index (χ4v) is 2.80. The van der Waals surface area contributed by atoms with Gasteiger partial charge in [-0.1, -0.05) is 29.8 Å². The van der Waals surface area contributed by atoms with Crippen LogP contribution in [0.15, 0.2) is 48.5 Å². The standard InChI is InChI=1S/C18H20N2O3/c1-12-8-10-13(11-9-12)20-16(18(22-2)23-3)19-15-7-5-4-6-14(15)17(20)21/h4-11,16,18-19H,1-3H3/t16-/m1/s1. The minimum atomic E-state index is -0.589. The molecule has 1 heterocycles. The molecule has 23 heavy (non-hydrogen) atoms. The Kier molecular flexibility index (Phi) is 4.32. The molecule has 0 aromatic heterocycles. The van der Waals surface area contributed by atoms with Crippen LogP contribution in [-0.4, -0.2) is 32.6 Å². The Labute approximate surface area is 135 Å². The van der Waals surface area contributed by atoms with Crippen molar-refractivity contribution in [2.24, 2.45) is 0 Å². The van der Waals surface area contributed by atoms with Crippen LogP contribution in [0.4, 0.5) is 11.4 Å². The first-order valence-electron chi connectivity index (χ1n) is 7.47. The van der Waals surface area contributed by atoms with Crippen LogP contribution in [-0.2, 0) is 9.47 Å². The summed E-state index contributed by atoms with van der Waals surface area (Å²) in [6.45, 7) is 2.01. The first-order valence-corrected chi connectivity index (χ1v) is 7.47. The van der Waals surface area contributed by atoms with Crippen LogP contribution < -0.4 is 10.2 Å². The molecule has 1 N–H and O–H groups in total. The van der Waals surface area contributed by atoms with Crippen LogP contribution in [0.5, 0.6) is 0 Å². The predicted molar refractivity (Wildman–Crippen MR) is 89.6 cm³/mol. The van der Waals surface area contributed by atoms with E-state index in [1.165, 1.54) is 0 Å². The van der Waals surface area contributed by atoms with Crippen molar-refractivity contribution in [2.45, 2.75) is 19.4 Å². The number of carbonyl (C=O) groups excluding carboxylic acids is 1. The molecule has 3 rings (SSSR count). The van der Waals surface area contributed by atoms with Crippen LogP contribution in [0, 0.1) is 6.92 Å². The molecular formula is C18H20N2O3. The van der Waals surface area contributed by atoms with Gasteiger partial charge in [-0.05, 0) is 31.2 Å². The average Bonchev–Trinajstić information content (AvgIpc) is 2.57. The summed E-state index contributed by atoms with van der Waals surface area (Å²) >= 11 is 0. The van der Waals surface area contributed by atoms with Crippen molar-refractivity contribution in [3.05, 3.63) is 59.7 Å². The molecule has 0 spiro atoms. The van der Waals surface area contributed by atoms with E-state index in [9.17, 15) is 4.79 Å². The molecule has 0 saturated heterocycles. The van der Waals surface area contributed by atoms with Crippen LogP contribution in [0.1, 0.15) is 15.9 Å². The smallest absolute Gasteiger partial charge is 0.262 e. The summed E-state index contributed by atoms with van der Waals surface area (Å²) in [5.41, 5.74) is 3.35. The zero-order chi connectivity index (χ0) is 16.4. The van der Waals surface area contributed by atoms with Gasteiger partial charge in [-0.3, -0.25) is 9.69 Å². The molecule has 5 nitrogen and oxygen atoms in total. The van der Waals surface area contributed by atoms with Gasteiger partial charge in [0.25, 0.3) is 5.91 Å². The number of aryl methyl sites for hydroxylation is 1. The lowest BCUT2D eigenvalue weighted by atomic mass is 10.1. The van der Waals surface area contributed by atoms with Gasteiger partial charge in [0.2, 0.25) is 0 Å². The third-order valence-corrected chi connectivity index (χ3v) is 3.99. The zero-order valence-corrected chi connectivity index (χ0v) is 13.4. The highest BCUT2D eigenvalue weighted by molar-refractivity contribution is 6.12. The quantitative estimate of drug-likeness (QED) is 0.882. The second-order valence-electron chi connectivity index (χ2n) is 5.49. The zero-order valence-electron chi connectivity index (χ0n) is 13.4. The van der Waals surface area contributed by atoms with Gasteiger partial charge in [0.05, 0.1) is 5.56 Å². The van der Waals surface area contributed by atoms with E-state index in [0.717, 1.165) is 16.9 Å². The molecular weight excluding hydrogens is 292 g/mol. The van der Waals surface area contributed by atoms with E-state index in [1.54, 1.807) is 19.1 Å². The van der Waals surface area contributed by atoms with E-state index in [4.69, 9.17) is 9.47 Å². The van der Waals surface area contributed by atoms with Crippen LogP contribution in [0.25, 0.3) is 0 Å². The Morgan fingerprint density at radius 2 is 1.70 bits per heavy atom. The predicted octanol–water partition coefficient (Wildman–Crippen LogP) is 3.01. The molecule has 0 aliphatic carbocycles. The first-order chi connectivity index (χ1) is 11.2. The molecule has 0 saturated carbocycles. The normalized spacial score (nSPS) is 17.1. The molecule has 0 bridgehead atoms. The maximum atomic E-state index is 13.0. The van der Waals surface area contributed by atoms with Crippen molar-refractivity contribution < 1.29 is 14.3 Å². The molecule has 0 radical (unpaired) electrons. The second kappa shape index (κ2) is 6.40. The van der Waals surface area contributed by atoms with Crippen molar-refractivity contribution >= 4 is 17.3 Å². The lowest BCUT2D eigenvalue weighted by Crippen LogP contribution is -2.56. The number of ether oxygens (including phenoxy) is 2. The van der Waals surface area contributed by atoms with Gasteiger partial charge in [-0.25, -0.2) is 0 Å². The highest BCUT2D eigenvalue weighted by atomic mass is 16.7. The fraction of sp³-hybridized carbons (Fsp3) is 0.278. The number of anilines is 2. The Balaban J connectivity index is 2.08. The molecule has 2 aromatic rings. The summed E-state index contributed by atoms with van der Waals surface area (Å²) in [5.74, 6) is -0.0766. The molecule has 2 aromatic carbocycles. The van der Waals surface area contributed by atoms with Gasteiger partial charge >= 0.3 is 0 Å². The van der Waals surface area contributed by atoms with Gasteiger partial charge in [-0.15, -0.1) is 0 Å². The SMILES string of the molecule is COC(OC)[C@@H]1Nc2ccccc2C(=O)N1c1ccc(C)cc1. The van der Waals surface area contributed by atoms with E-state index in [2.05, 4.69) is 5.32 Å². The van der Waals surface area contributed by atoms with E-state index < -0.39 is 12.5 Å². The first kappa shape index (κ1) is 15.5. The summed E-state index contributed by atoms with van der Waals surface area (Å²) < 4.78 is 10.8. The molecule has 1 aliphatic rings. The Hall–Kier alpha value is -2.37. The molecule has 1 amide bonds. The number of nitrogens with one attached hydrogen (secondary N) is 1.